The van der Waals surface area contributed by atoms with E-state index in [9.17, 15) is 9.59 Å². The van der Waals surface area contributed by atoms with E-state index in [2.05, 4.69) is 29.4 Å². The van der Waals surface area contributed by atoms with Crippen LogP contribution in [0.3, 0.4) is 0 Å². The lowest BCUT2D eigenvalue weighted by molar-refractivity contribution is -0.128. The van der Waals surface area contributed by atoms with Gasteiger partial charge in [0, 0.05) is 44.2 Å². The average Bonchev–Trinajstić information content (AvgIpc) is 2.95. The maximum Gasteiger partial charge on any atom is 0.251 e. The average molecular weight is 394 g/mol. The lowest BCUT2D eigenvalue weighted by atomic mass is 9.84. The third-order valence-corrected chi connectivity index (χ3v) is 5.95. The van der Waals surface area contributed by atoms with Gasteiger partial charge in [-0.2, -0.15) is 0 Å². The summed E-state index contributed by atoms with van der Waals surface area (Å²) in [7, 11) is 1.64. The summed E-state index contributed by atoms with van der Waals surface area (Å²) >= 11 is 0. The van der Waals surface area contributed by atoms with Gasteiger partial charge >= 0.3 is 0 Å². The van der Waals surface area contributed by atoms with Crippen molar-refractivity contribution in [2.45, 2.75) is 45.7 Å². The molecule has 1 saturated heterocycles. The van der Waals surface area contributed by atoms with Crippen molar-refractivity contribution >= 4 is 24.2 Å². The first-order valence-corrected chi connectivity index (χ1v) is 9.81. The molecule has 0 spiro atoms. The topological polar surface area (TPSA) is 61.4 Å². The smallest absolute Gasteiger partial charge is 0.251 e. The minimum absolute atomic E-state index is 0. The van der Waals surface area contributed by atoms with Gasteiger partial charge in [0.25, 0.3) is 5.91 Å². The van der Waals surface area contributed by atoms with Crippen LogP contribution in [0.5, 0.6) is 0 Å². The molecule has 2 amide bonds. The van der Waals surface area contributed by atoms with Crippen molar-refractivity contribution < 1.29 is 9.59 Å². The molecule has 27 heavy (non-hydrogen) atoms. The predicted octanol–water partition coefficient (Wildman–Crippen LogP) is 2.84. The zero-order valence-corrected chi connectivity index (χ0v) is 17.3. The lowest BCUT2D eigenvalue weighted by Gasteiger charge is -2.29. The van der Waals surface area contributed by atoms with Crippen LogP contribution in [0.1, 0.15) is 49.0 Å². The summed E-state index contributed by atoms with van der Waals surface area (Å²) < 4.78 is 0. The van der Waals surface area contributed by atoms with Gasteiger partial charge in [-0.25, -0.2) is 0 Å². The van der Waals surface area contributed by atoms with Gasteiger partial charge < -0.3 is 10.6 Å². The Kier molecular flexibility index (Phi) is 7.68. The molecule has 0 bridgehead atoms. The molecule has 1 aromatic rings. The van der Waals surface area contributed by atoms with Crippen molar-refractivity contribution in [1.29, 1.82) is 0 Å². The molecule has 6 heteroatoms. The molecular formula is C21H32ClN3O2. The maximum atomic E-state index is 12.4. The zero-order chi connectivity index (χ0) is 18.7. The Labute approximate surface area is 168 Å². The van der Waals surface area contributed by atoms with E-state index in [4.69, 9.17) is 0 Å². The first-order chi connectivity index (χ1) is 12.5. The molecule has 0 radical (unpaired) electrons. The highest BCUT2D eigenvalue weighted by molar-refractivity contribution is 5.93. The number of benzene rings is 1. The van der Waals surface area contributed by atoms with E-state index in [1.165, 1.54) is 12.0 Å². The van der Waals surface area contributed by atoms with Gasteiger partial charge in [0.05, 0.1) is 0 Å². The molecule has 1 saturated carbocycles. The number of hydrogen-bond donors (Lipinski definition) is 2. The van der Waals surface area contributed by atoms with E-state index in [1.54, 1.807) is 7.05 Å². The number of hydrogen-bond acceptors (Lipinski definition) is 3. The molecule has 2 aliphatic rings. The minimum atomic E-state index is -0.0589. The van der Waals surface area contributed by atoms with Crippen LogP contribution in [0.4, 0.5) is 0 Å². The molecule has 2 atom stereocenters. The van der Waals surface area contributed by atoms with Crippen molar-refractivity contribution in [3.63, 3.8) is 0 Å². The number of nitrogens with zero attached hydrogens (tertiary/aromatic N) is 1. The summed E-state index contributed by atoms with van der Waals surface area (Å²) in [5.74, 6) is 1.47. The number of nitrogens with one attached hydrogen (secondary N) is 2. The van der Waals surface area contributed by atoms with Gasteiger partial charge in [-0.3, -0.25) is 14.5 Å². The first-order valence-electron chi connectivity index (χ1n) is 9.81. The standard InChI is InChI=1S/C21H31N3O2.ClH/c1-14(2)18-12-24(13-19(18)23-21(26)16-5-4-6-16)11-15-7-9-17(10-8-15)20(25)22-3;/h7-10,14,16,18-19H,4-6,11-13H2,1-3H3,(H,22,25)(H,23,26);1H/t18-,19+;/m1./s1. The van der Waals surface area contributed by atoms with Crippen LogP contribution in [0.2, 0.25) is 0 Å². The van der Waals surface area contributed by atoms with Gasteiger partial charge in [0.2, 0.25) is 5.91 Å². The fourth-order valence-electron chi connectivity index (χ4n) is 4.01. The minimum Gasteiger partial charge on any atom is -0.355 e. The van der Waals surface area contributed by atoms with Crippen LogP contribution in [0.25, 0.3) is 0 Å². The maximum absolute atomic E-state index is 12.4. The van der Waals surface area contributed by atoms with Crippen molar-refractivity contribution in [3.05, 3.63) is 35.4 Å². The summed E-state index contributed by atoms with van der Waals surface area (Å²) in [6, 6.07) is 8.04. The summed E-state index contributed by atoms with van der Waals surface area (Å²) in [5, 5.41) is 5.97. The van der Waals surface area contributed by atoms with Crippen molar-refractivity contribution in [2.24, 2.45) is 17.8 Å². The van der Waals surface area contributed by atoms with Gasteiger partial charge in [0.15, 0.2) is 0 Å². The van der Waals surface area contributed by atoms with Crippen molar-refractivity contribution in [1.82, 2.24) is 15.5 Å². The van der Waals surface area contributed by atoms with Crippen LogP contribution in [-0.4, -0.2) is 42.9 Å². The summed E-state index contributed by atoms with van der Waals surface area (Å²) in [5.41, 5.74) is 1.88. The zero-order valence-electron chi connectivity index (χ0n) is 16.5. The predicted molar refractivity (Wildman–Crippen MR) is 110 cm³/mol. The van der Waals surface area contributed by atoms with Gasteiger partial charge in [-0.1, -0.05) is 32.4 Å². The van der Waals surface area contributed by atoms with Crippen LogP contribution >= 0.6 is 12.4 Å². The molecule has 5 nitrogen and oxygen atoms in total. The summed E-state index contributed by atoms with van der Waals surface area (Å²) in [6.07, 6.45) is 3.28. The van der Waals surface area contributed by atoms with E-state index in [1.807, 2.05) is 24.3 Å². The number of carbonyl (C=O) groups is 2. The third kappa shape index (κ3) is 5.23. The molecule has 2 fully saturated rings. The molecule has 150 valence electrons. The monoisotopic (exact) mass is 393 g/mol. The lowest BCUT2D eigenvalue weighted by Crippen LogP contribution is -2.45. The highest BCUT2D eigenvalue weighted by atomic mass is 35.5. The molecular weight excluding hydrogens is 362 g/mol. The Hall–Kier alpha value is -1.59. The number of amides is 2. The SMILES string of the molecule is CNC(=O)c1ccc(CN2C[C@H](NC(=O)C3CCC3)[C@@H](C(C)C)C2)cc1.Cl. The van der Waals surface area contributed by atoms with E-state index < -0.39 is 0 Å². The van der Waals surface area contributed by atoms with Crippen molar-refractivity contribution in [2.75, 3.05) is 20.1 Å². The summed E-state index contributed by atoms with van der Waals surface area (Å²) in [6.45, 7) is 7.25. The number of likely N-dealkylation sites (tertiary alicyclic amines) is 1. The Morgan fingerprint density at radius 3 is 2.33 bits per heavy atom. The number of rotatable bonds is 6. The molecule has 0 unspecified atom stereocenters. The van der Waals surface area contributed by atoms with Crippen LogP contribution in [0, 0.1) is 17.8 Å². The Balaban J connectivity index is 0.00000261. The van der Waals surface area contributed by atoms with Gasteiger partial charge in [-0.15, -0.1) is 12.4 Å². The van der Waals surface area contributed by atoms with Crippen LogP contribution in [-0.2, 0) is 11.3 Å². The highest BCUT2D eigenvalue weighted by Crippen LogP contribution is 2.29. The Bertz CT molecular complexity index is 643. The molecule has 1 aromatic carbocycles. The fourth-order valence-corrected chi connectivity index (χ4v) is 4.01. The molecule has 3 rings (SSSR count). The molecule has 1 aliphatic heterocycles. The normalized spacial score (nSPS) is 22.8. The van der Waals surface area contributed by atoms with Crippen molar-refractivity contribution in [3.8, 4) is 0 Å². The Morgan fingerprint density at radius 2 is 1.81 bits per heavy atom. The van der Waals surface area contributed by atoms with E-state index in [0.29, 0.717) is 17.4 Å². The second kappa shape index (κ2) is 9.56. The summed E-state index contributed by atoms with van der Waals surface area (Å²) in [4.78, 5) is 26.5. The third-order valence-electron chi connectivity index (χ3n) is 5.95. The quantitative estimate of drug-likeness (QED) is 0.781. The molecule has 1 aliphatic carbocycles. The van der Waals surface area contributed by atoms with E-state index >= 15 is 0 Å². The second-order valence-electron chi connectivity index (χ2n) is 8.12. The molecule has 0 aromatic heterocycles. The molecule has 1 heterocycles. The first kappa shape index (κ1) is 21.7. The highest BCUT2D eigenvalue weighted by Gasteiger charge is 2.37. The van der Waals surface area contributed by atoms with Gasteiger partial charge in [-0.05, 0) is 42.4 Å². The van der Waals surface area contributed by atoms with Crippen LogP contribution in [0.15, 0.2) is 24.3 Å². The Morgan fingerprint density at radius 1 is 1.15 bits per heavy atom. The number of carbonyl (C=O) groups excluding carboxylic acids is 2. The van der Waals surface area contributed by atoms with Crippen LogP contribution < -0.4 is 10.6 Å². The van der Waals surface area contributed by atoms with Gasteiger partial charge in [0.1, 0.15) is 0 Å². The second-order valence-corrected chi connectivity index (χ2v) is 8.12. The fraction of sp³-hybridized carbons (Fsp3) is 0.619. The molecule has 2 N–H and O–H groups in total. The van der Waals surface area contributed by atoms with E-state index in [-0.39, 0.29) is 36.2 Å². The van der Waals surface area contributed by atoms with E-state index in [0.717, 1.165) is 32.5 Å². The largest absolute Gasteiger partial charge is 0.355 e. The number of halogens is 1.